The first-order valence-electron chi connectivity index (χ1n) is 8.71. The van der Waals surface area contributed by atoms with Crippen molar-refractivity contribution < 1.29 is 13.2 Å². The summed E-state index contributed by atoms with van der Waals surface area (Å²) >= 11 is 0. The summed E-state index contributed by atoms with van der Waals surface area (Å²) in [5.74, 6) is -0.00774. The average Bonchev–Trinajstić information content (AvgIpc) is 2.93. The van der Waals surface area contributed by atoms with Crippen molar-refractivity contribution in [3.63, 3.8) is 0 Å². The molecule has 0 aliphatic carbocycles. The Hall–Kier alpha value is -2.18. The van der Waals surface area contributed by atoms with E-state index in [0.29, 0.717) is 17.9 Å². The molecule has 1 fully saturated rings. The largest absolute Gasteiger partial charge is 0.312 e. The number of rotatable bonds is 5. The molecule has 1 N–H and O–H groups in total. The molecule has 6 heteroatoms. The van der Waals surface area contributed by atoms with Gasteiger partial charge in [0.05, 0.1) is 4.90 Å². The van der Waals surface area contributed by atoms with Crippen LogP contribution in [0.5, 0.6) is 0 Å². The fourth-order valence-corrected chi connectivity index (χ4v) is 5.23. The van der Waals surface area contributed by atoms with Crippen molar-refractivity contribution in [2.24, 2.45) is 5.92 Å². The molecule has 26 heavy (non-hydrogen) atoms. The molecule has 2 aromatic carbocycles. The van der Waals surface area contributed by atoms with Crippen molar-refractivity contribution in [1.82, 2.24) is 4.72 Å². The number of hydrogen-bond donors (Lipinski definition) is 1. The van der Waals surface area contributed by atoms with Gasteiger partial charge in [-0.25, -0.2) is 13.1 Å². The molecule has 1 saturated heterocycles. The number of sulfonamides is 1. The van der Waals surface area contributed by atoms with E-state index in [1.807, 2.05) is 63.2 Å². The Kier molecular flexibility index (Phi) is 5.16. The van der Waals surface area contributed by atoms with Gasteiger partial charge >= 0.3 is 0 Å². The molecule has 1 atom stereocenters. The summed E-state index contributed by atoms with van der Waals surface area (Å²) in [5, 5.41) is 0. The van der Waals surface area contributed by atoms with Crippen LogP contribution in [0.4, 0.5) is 5.69 Å². The van der Waals surface area contributed by atoms with Crippen LogP contribution in [0.15, 0.2) is 47.4 Å². The SMILES string of the molecule is Cc1cc(C)c(S(=O)(=O)NC[C@@H]2CC(=O)N(c3ccccc3)C2)c(C)c1. The topological polar surface area (TPSA) is 66.5 Å². The summed E-state index contributed by atoms with van der Waals surface area (Å²) < 4.78 is 28.2. The highest BCUT2D eigenvalue weighted by atomic mass is 32.2. The number of benzene rings is 2. The van der Waals surface area contributed by atoms with Crippen LogP contribution in [-0.4, -0.2) is 27.4 Å². The second-order valence-corrected chi connectivity index (χ2v) is 8.69. The number of para-hydroxylation sites is 1. The maximum atomic E-state index is 12.8. The van der Waals surface area contributed by atoms with Crippen molar-refractivity contribution in [3.05, 3.63) is 59.2 Å². The zero-order valence-electron chi connectivity index (χ0n) is 15.3. The maximum absolute atomic E-state index is 12.8. The molecule has 0 aromatic heterocycles. The molecular weight excluding hydrogens is 348 g/mol. The molecule has 0 radical (unpaired) electrons. The molecule has 0 unspecified atom stereocenters. The highest BCUT2D eigenvalue weighted by Gasteiger charge is 2.31. The molecule has 3 rings (SSSR count). The van der Waals surface area contributed by atoms with Gasteiger partial charge in [-0.15, -0.1) is 0 Å². The molecule has 1 amide bonds. The number of nitrogens with zero attached hydrogens (tertiary/aromatic N) is 1. The van der Waals surface area contributed by atoms with E-state index >= 15 is 0 Å². The number of amides is 1. The Morgan fingerprint density at radius 1 is 1.08 bits per heavy atom. The molecule has 0 spiro atoms. The van der Waals surface area contributed by atoms with Gasteiger partial charge in [0.15, 0.2) is 0 Å². The third-order valence-corrected chi connectivity index (χ3v) is 6.44. The van der Waals surface area contributed by atoms with Crippen molar-refractivity contribution in [3.8, 4) is 0 Å². The van der Waals surface area contributed by atoms with Crippen LogP contribution in [0.2, 0.25) is 0 Å². The van der Waals surface area contributed by atoms with Gasteiger partial charge in [-0.05, 0) is 49.9 Å². The standard InChI is InChI=1S/C20H24N2O3S/c1-14-9-15(2)20(16(3)10-14)26(24,25)21-12-17-11-19(23)22(13-17)18-7-5-4-6-8-18/h4-10,17,21H,11-13H2,1-3H3/t17-/m0/s1. The van der Waals surface area contributed by atoms with E-state index in [1.54, 1.807) is 4.90 Å². The van der Waals surface area contributed by atoms with Gasteiger partial charge < -0.3 is 4.90 Å². The molecule has 1 heterocycles. The summed E-state index contributed by atoms with van der Waals surface area (Å²) in [6.45, 7) is 6.35. The first-order chi connectivity index (χ1) is 12.3. The van der Waals surface area contributed by atoms with Crippen LogP contribution < -0.4 is 9.62 Å². The molecule has 1 aliphatic rings. The third kappa shape index (κ3) is 3.81. The molecule has 2 aromatic rings. The lowest BCUT2D eigenvalue weighted by atomic mass is 10.1. The smallest absolute Gasteiger partial charge is 0.241 e. The van der Waals surface area contributed by atoms with Gasteiger partial charge in [0.25, 0.3) is 0 Å². The fraction of sp³-hybridized carbons (Fsp3) is 0.350. The highest BCUT2D eigenvalue weighted by Crippen LogP contribution is 2.26. The minimum atomic E-state index is -3.61. The van der Waals surface area contributed by atoms with E-state index < -0.39 is 10.0 Å². The van der Waals surface area contributed by atoms with Gasteiger partial charge in [-0.1, -0.05) is 35.9 Å². The van der Waals surface area contributed by atoms with Crippen molar-refractivity contribution in [1.29, 1.82) is 0 Å². The van der Waals surface area contributed by atoms with E-state index in [9.17, 15) is 13.2 Å². The normalized spacial score (nSPS) is 17.7. The number of carbonyl (C=O) groups is 1. The second kappa shape index (κ2) is 7.21. The Bertz CT molecular complexity index is 900. The minimum absolute atomic E-state index is 0.0306. The van der Waals surface area contributed by atoms with Crippen molar-refractivity contribution in [2.75, 3.05) is 18.0 Å². The third-order valence-electron chi connectivity index (χ3n) is 4.71. The second-order valence-electron chi connectivity index (χ2n) is 6.99. The Morgan fingerprint density at radius 2 is 1.69 bits per heavy atom. The maximum Gasteiger partial charge on any atom is 0.241 e. The summed E-state index contributed by atoms with van der Waals surface area (Å²) in [6, 6.07) is 13.2. The highest BCUT2D eigenvalue weighted by molar-refractivity contribution is 7.89. The van der Waals surface area contributed by atoms with Crippen LogP contribution in [0.3, 0.4) is 0 Å². The first-order valence-corrected chi connectivity index (χ1v) is 10.2. The minimum Gasteiger partial charge on any atom is -0.312 e. The van der Waals surface area contributed by atoms with Gasteiger partial charge in [-0.3, -0.25) is 4.79 Å². The molecule has 138 valence electrons. The number of nitrogens with one attached hydrogen (secondary N) is 1. The van der Waals surface area contributed by atoms with Crippen LogP contribution in [-0.2, 0) is 14.8 Å². The lowest BCUT2D eigenvalue weighted by Gasteiger charge is -2.17. The summed E-state index contributed by atoms with van der Waals surface area (Å²) in [5.41, 5.74) is 3.37. The molecule has 0 bridgehead atoms. The molecule has 1 aliphatic heterocycles. The van der Waals surface area contributed by atoms with Crippen LogP contribution in [0, 0.1) is 26.7 Å². The number of hydrogen-bond acceptors (Lipinski definition) is 3. The molecule has 0 saturated carbocycles. The predicted octanol–water partition coefficient (Wildman–Crippen LogP) is 2.94. The number of carbonyl (C=O) groups excluding carboxylic acids is 1. The van der Waals surface area contributed by atoms with E-state index in [1.165, 1.54) is 0 Å². The lowest BCUT2D eigenvalue weighted by Crippen LogP contribution is -2.32. The fourth-order valence-electron chi connectivity index (χ4n) is 3.67. The Morgan fingerprint density at radius 3 is 2.31 bits per heavy atom. The van der Waals surface area contributed by atoms with E-state index in [-0.39, 0.29) is 18.4 Å². The van der Waals surface area contributed by atoms with E-state index in [0.717, 1.165) is 22.4 Å². The monoisotopic (exact) mass is 372 g/mol. The van der Waals surface area contributed by atoms with Crippen LogP contribution in [0.1, 0.15) is 23.1 Å². The zero-order valence-corrected chi connectivity index (χ0v) is 16.1. The number of aryl methyl sites for hydroxylation is 3. The summed E-state index contributed by atoms with van der Waals surface area (Å²) in [6.07, 6.45) is 0.350. The molecule has 5 nitrogen and oxygen atoms in total. The van der Waals surface area contributed by atoms with Gasteiger partial charge in [0, 0.05) is 25.2 Å². The Balaban J connectivity index is 1.71. The van der Waals surface area contributed by atoms with Gasteiger partial charge in [0.2, 0.25) is 15.9 Å². The summed E-state index contributed by atoms with van der Waals surface area (Å²) in [7, 11) is -3.61. The van der Waals surface area contributed by atoms with E-state index in [2.05, 4.69) is 4.72 Å². The molecular formula is C20H24N2O3S. The zero-order chi connectivity index (χ0) is 18.9. The van der Waals surface area contributed by atoms with Crippen LogP contribution >= 0.6 is 0 Å². The number of anilines is 1. The van der Waals surface area contributed by atoms with Crippen molar-refractivity contribution in [2.45, 2.75) is 32.1 Å². The van der Waals surface area contributed by atoms with Crippen molar-refractivity contribution >= 4 is 21.6 Å². The lowest BCUT2D eigenvalue weighted by molar-refractivity contribution is -0.117. The average molecular weight is 372 g/mol. The first kappa shape index (κ1) is 18.6. The predicted molar refractivity (Wildman–Crippen MR) is 103 cm³/mol. The Labute approximate surface area is 155 Å². The van der Waals surface area contributed by atoms with Gasteiger partial charge in [0.1, 0.15) is 0 Å². The summed E-state index contributed by atoms with van der Waals surface area (Å²) in [4.78, 5) is 14.3. The van der Waals surface area contributed by atoms with Crippen LogP contribution in [0.25, 0.3) is 0 Å². The quantitative estimate of drug-likeness (QED) is 0.877. The van der Waals surface area contributed by atoms with E-state index in [4.69, 9.17) is 0 Å². The van der Waals surface area contributed by atoms with Gasteiger partial charge in [-0.2, -0.15) is 0 Å².